The summed E-state index contributed by atoms with van der Waals surface area (Å²) in [5.74, 6) is -1.50. The molecule has 8 heteroatoms. The molecule has 0 fully saturated rings. The Morgan fingerprint density at radius 3 is 2.13 bits per heavy atom. The van der Waals surface area contributed by atoms with E-state index in [-0.39, 0.29) is 26.7 Å². The van der Waals surface area contributed by atoms with Crippen molar-refractivity contribution in [3.05, 3.63) is 94.5 Å². The zero-order valence-electron chi connectivity index (χ0n) is 15.9. The van der Waals surface area contributed by atoms with Crippen LogP contribution in [0.15, 0.2) is 77.7 Å². The SMILES string of the molecule is Cc1ccc(S(=O)(=O)N2c3ccccc3C(O)(c3ccccc3Cl)C2C(=O)O)cc1. The fourth-order valence-electron chi connectivity index (χ4n) is 3.88. The minimum Gasteiger partial charge on any atom is -0.480 e. The fourth-order valence-corrected chi connectivity index (χ4v) is 5.80. The van der Waals surface area contributed by atoms with E-state index < -0.39 is 27.6 Å². The van der Waals surface area contributed by atoms with E-state index in [2.05, 4.69) is 0 Å². The van der Waals surface area contributed by atoms with Crippen molar-refractivity contribution in [1.82, 2.24) is 0 Å². The molecule has 2 atom stereocenters. The Hall–Kier alpha value is -2.87. The molecule has 0 bridgehead atoms. The first-order valence-corrected chi connectivity index (χ1v) is 10.9. The van der Waals surface area contributed by atoms with Gasteiger partial charge in [-0.25, -0.2) is 17.5 Å². The molecule has 4 rings (SSSR count). The number of sulfonamides is 1. The molecule has 1 aliphatic heterocycles. The van der Waals surface area contributed by atoms with Crippen molar-refractivity contribution in [2.45, 2.75) is 23.5 Å². The molecule has 0 aliphatic carbocycles. The first kappa shape index (κ1) is 20.4. The molecule has 0 spiro atoms. The van der Waals surface area contributed by atoms with Gasteiger partial charge in [-0.15, -0.1) is 0 Å². The van der Waals surface area contributed by atoms with Crippen LogP contribution >= 0.6 is 11.6 Å². The van der Waals surface area contributed by atoms with Crippen LogP contribution in [0.5, 0.6) is 0 Å². The van der Waals surface area contributed by atoms with Crippen molar-refractivity contribution < 1.29 is 23.4 Å². The third-order valence-electron chi connectivity index (χ3n) is 5.28. The van der Waals surface area contributed by atoms with Crippen LogP contribution in [-0.4, -0.2) is 30.6 Å². The maximum Gasteiger partial charge on any atom is 0.331 e. The molecule has 0 saturated carbocycles. The average molecular weight is 444 g/mol. The van der Waals surface area contributed by atoms with E-state index in [9.17, 15) is 23.4 Å². The quantitative estimate of drug-likeness (QED) is 0.643. The molecular formula is C22H18ClNO5S. The van der Waals surface area contributed by atoms with Crippen molar-refractivity contribution in [2.24, 2.45) is 0 Å². The molecule has 3 aromatic rings. The van der Waals surface area contributed by atoms with Gasteiger partial charge in [0, 0.05) is 16.1 Å². The number of anilines is 1. The predicted molar refractivity (Wildman–Crippen MR) is 113 cm³/mol. The van der Waals surface area contributed by atoms with E-state index in [1.165, 1.54) is 36.4 Å². The number of nitrogens with zero attached hydrogens (tertiary/aromatic N) is 1. The number of aliphatic carboxylic acids is 1. The summed E-state index contributed by atoms with van der Waals surface area (Å²) in [5, 5.41) is 22.0. The van der Waals surface area contributed by atoms with Gasteiger partial charge in [0.1, 0.15) is 0 Å². The predicted octanol–water partition coefficient (Wildman–Crippen LogP) is 3.55. The van der Waals surface area contributed by atoms with E-state index in [1.807, 2.05) is 6.92 Å². The number of halogens is 1. The molecule has 0 aromatic heterocycles. The molecule has 2 unspecified atom stereocenters. The number of aliphatic hydroxyl groups is 1. The normalized spacial score (nSPS) is 20.8. The largest absolute Gasteiger partial charge is 0.480 e. The van der Waals surface area contributed by atoms with Gasteiger partial charge in [-0.1, -0.05) is 65.7 Å². The van der Waals surface area contributed by atoms with Crippen LogP contribution in [0.25, 0.3) is 0 Å². The van der Waals surface area contributed by atoms with Crippen LogP contribution in [0.1, 0.15) is 16.7 Å². The summed E-state index contributed by atoms with van der Waals surface area (Å²) < 4.78 is 27.9. The fraction of sp³-hybridized carbons (Fsp3) is 0.136. The highest BCUT2D eigenvalue weighted by molar-refractivity contribution is 7.93. The second-order valence-electron chi connectivity index (χ2n) is 7.12. The van der Waals surface area contributed by atoms with E-state index in [0.29, 0.717) is 0 Å². The van der Waals surface area contributed by atoms with Crippen LogP contribution in [0, 0.1) is 6.92 Å². The lowest BCUT2D eigenvalue weighted by atomic mass is 9.83. The number of carboxylic acids is 1. The number of benzene rings is 3. The lowest BCUT2D eigenvalue weighted by Gasteiger charge is -2.32. The molecule has 0 saturated heterocycles. The number of para-hydroxylation sites is 1. The maximum absolute atomic E-state index is 13.5. The summed E-state index contributed by atoms with van der Waals surface area (Å²) in [6.45, 7) is 1.82. The van der Waals surface area contributed by atoms with Crippen LogP contribution in [0.3, 0.4) is 0 Å². The smallest absolute Gasteiger partial charge is 0.331 e. The number of aryl methyl sites for hydroxylation is 1. The highest BCUT2D eigenvalue weighted by Gasteiger charge is 2.59. The molecule has 1 aliphatic rings. The van der Waals surface area contributed by atoms with Crippen LogP contribution in [-0.2, 0) is 20.4 Å². The van der Waals surface area contributed by atoms with E-state index in [0.717, 1.165) is 9.87 Å². The summed E-state index contributed by atoms with van der Waals surface area (Å²) >= 11 is 6.31. The van der Waals surface area contributed by atoms with Gasteiger partial charge < -0.3 is 10.2 Å². The summed E-state index contributed by atoms with van der Waals surface area (Å²) in [6.07, 6.45) is 0. The lowest BCUT2D eigenvalue weighted by Crippen LogP contribution is -2.53. The van der Waals surface area contributed by atoms with Crippen LogP contribution in [0.4, 0.5) is 5.69 Å². The summed E-state index contributed by atoms with van der Waals surface area (Å²) in [6, 6.07) is 16.7. The number of carboxylic acid groups (broad SMARTS) is 1. The van der Waals surface area contributed by atoms with Gasteiger partial charge >= 0.3 is 5.97 Å². The van der Waals surface area contributed by atoms with Gasteiger partial charge in [-0.2, -0.15) is 0 Å². The second-order valence-corrected chi connectivity index (χ2v) is 9.34. The minimum absolute atomic E-state index is 0.0717. The number of hydrogen-bond acceptors (Lipinski definition) is 4. The zero-order chi connectivity index (χ0) is 21.7. The first-order valence-electron chi connectivity index (χ1n) is 9.10. The van der Waals surface area contributed by atoms with Crippen molar-refractivity contribution in [1.29, 1.82) is 0 Å². The van der Waals surface area contributed by atoms with Gasteiger partial charge in [0.15, 0.2) is 11.6 Å². The molecular weight excluding hydrogens is 426 g/mol. The van der Waals surface area contributed by atoms with E-state index >= 15 is 0 Å². The summed E-state index contributed by atoms with van der Waals surface area (Å²) in [7, 11) is -4.31. The van der Waals surface area contributed by atoms with Gasteiger partial charge in [0.25, 0.3) is 10.0 Å². The summed E-state index contributed by atoms with van der Waals surface area (Å²) in [4.78, 5) is 12.3. The Morgan fingerprint density at radius 1 is 0.967 bits per heavy atom. The van der Waals surface area contributed by atoms with Crippen molar-refractivity contribution in [3.63, 3.8) is 0 Å². The molecule has 3 aromatic carbocycles. The Labute approximate surface area is 179 Å². The highest BCUT2D eigenvalue weighted by Crippen LogP contribution is 2.51. The molecule has 0 radical (unpaired) electrons. The highest BCUT2D eigenvalue weighted by atomic mass is 35.5. The zero-order valence-corrected chi connectivity index (χ0v) is 17.4. The van der Waals surface area contributed by atoms with Gasteiger partial charge in [0.2, 0.25) is 0 Å². The standard InChI is InChI=1S/C22H18ClNO5S/c1-14-10-12-15(13-11-14)30(28,29)24-19-9-5-3-7-17(19)22(27,20(24)21(25)26)16-6-2-4-8-18(16)23/h2-13,20,27H,1H3,(H,25,26). The van der Waals surface area contributed by atoms with E-state index in [4.69, 9.17) is 11.6 Å². The van der Waals surface area contributed by atoms with Gasteiger partial charge in [0.05, 0.1) is 10.6 Å². The molecule has 0 amide bonds. The first-order chi connectivity index (χ1) is 14.2. The molecule has 154 valence electrons. The maximum atomic E-state index is 13.5. The average Bonchev–Trinajstić information content (AvgIpc) is 2.99. The second kappa shape index (κ2) is 7.12. The summed E-state index contributed by atoms with van der Waals surface area (Å²) in [5.41, 5.74) is -0.959. The molecule has 1 heterocycles. The Balaban J connectivity index is 2.02. The Bertz CT molecular complexity index is 1240. The lowest BCUT2D eigenvalue weighted by molar-refractivity contribution is -0.143. The number of rotatable bonds is 4. The number of fused-ring (bicyclic) bond motifs is 1. The van der Waals surface area contributed by atoms with E-state index in [1.54, 1.807) is 36.4 Å². The van der Waals surface area contributed by atoms with Crippen LogP contribution in [0.2, 0.25) is 5.02 Å². The third-order valence-corrected chi connectivity index (χ3v) is 7.40. The number of hydrogen-bond donors (Lipinski definition) is 2. The monoisotopic (exact) mass is 443 g/mol. The van der Waals surface area contributed by atoms with Crippen molar-refractivity contribution in [2.75, 3.05) is 4.31 Å². The molecule has 2 N–H and O–H groups in total. The van der Waals surface area contributed by atoms with Crippen molar-refractivity contribution in [3.8, 4) is 0 Å². The van der Waals surface area contributed by atoms with Gasteiger partial charge in [-0.3, -0.25) is 0 Å². The molecule has 6 nitrogen and oxygen atoms in total. The Morgan fingerprint density at radius 2 is 1.53 bits per heavy atom. The topological polar surface area (TPSA) is 94.9 Å². The van der Waals surface area contributed by atoms with Crippen molar-refractivity contribution >= 4 is 33.3 Å². The molecule has 30 heavy (non-hydrogen) atoms. The third kappa shape index (κ3) is 2.89. The minimum atomic E-state index is -4.31. The Kier molecular flexibility index (Phi) is 4.85. The number of carbonyl (C=O) groups is 1. The van der Waals surface area contributed by atoms with Crippen LogP contribution < -0.4 is 4.31 Å². The van der Waals surface area contributed by atoms with Gasteiger partial charge in [-0.05, 0) is 31.2 Å².